The number of aliphatic carboxylic acids is 1. The lowest BCUT2D eigenvalue weighted by Crippen LogP contribution is -2.51. The summed E-state index contributed by atoms with van der Waals surface area (Å²) in [6.45, 7) is 0. The average molecular weight is 269 g/mol. The van der Waals surface area contributed by atoms with Crippen LogP contribution in [0.5, 0.6) is 0 Å². The molecule has 0 aromatic carbocycles. The van der Waals surface area contributed by atoms with Gasteiger partial charge in [0.25, 0.3) is 0 Å². The Morgan fingerprint density at radius 2 is 1.88 bits per heavy atom. The molecule has 2 atom stereocenters. The van der Waals surface area contributed by atoms with Gasteiger partial charge in [-0.1, -0.05) is 0 Å². The average Bonchev–Trinajstić information content (AvgIpc) is 2.94. The first kappa shape index (κ1) is 12.5. The molecule has 8 heteroatoms. The molecule has 1 saturated heterocycles. The summed E-state index contributed by atoms with van der Waals surface area (Å²) in [6.07, 6.45) is -3.50. The van der Waals surface area contributed by atoms with Gasteiger partial charge < -0.3 is 10.0 Å². The van der Waals surface area contributed by atoms with Gasteiger partial charge in [-0.05, 0) is 18.8 Å². The molecule has 2 unspecified atom stereocenters. The zero-order valence-electron chi connectivity index (χ0n) is 8.61. The fourth-order valence-electron chi connectivity index (χ4n) is 1.87. The van der Waals surface area contributed by atoms with E-state index in [1.807, 2.05) is 0 Å². The molecule has 17 heavy (non-hydrogen) atoms. The number of carbonyl (C=O) groups excluding carboxylic acids is 1. The highest BCUT2D eigenvalue weighted by molar-refractivity contribution is 8.00. The molecule has 2 fully saturated rings. The predicted molar refractivity (Wildman–Crippen MR) is 53.3 cm³/mol. The lowest BCUT2D eigenvalue weighted by atomic mass is 10.2. The molecule has 4 nitrogen and oxygen atoms in total. The summed E-state index contributed by atoms with van der Waals surface area (Å²) in [5, 5.41) is 8.21. The van der Waals surface area contributed by atoms with E-state index in [-0.39, 0.29) is 11.7 Å². The molecule has 1 aliphatic carbocycles. The highest BCUT2D eigenvalue weighted by Crippen LogP contribution is 2.46. The van der Waals surface area contributed by atoms with E-state index in [9.17, 15) is 22.8 Å². The zero-order chi connectivity index (χ0) is 12.8. The summed E-state index contributed by atoms with van der Waals surface area (Å²) >= 11 is 1.13. The Balaban J connectivity index is 2.22. The molecule has 0 radical (unpaired) electrons. The van der Waals surface area contributed by atoms with E-state index in [0.717, 1.165) is 24.6 Å². The highest BCUT2D eigenvalue weighted by atomic mass is 32.2. The van der Waals surface area contributed by atoms with Crippen LogP contribution >= 0.6 is 11.8 Å². The maximum Gasteiger partial charge on any atom is 0.471 e. The van der Waals surface area contributed by atoms with Crippen molar-refractivity contribution in [3.63, 3.8) is 0 Å². The fourth-order valence-corrected chi connectivity index (χ4v) is 3.50. The summed E-state index contributed by atoms with van der Waals surface area (Å²) in [7, 11) is 0. The highest BCUT2D eigenvalue weighted by Gasteiger charge is 2.54. The van der Waals surface area contributed by atoms with Gasteiger partial charge in [0.05, 0.1) is 5.37 Å². The van der Waals surface area contributed by atoms with E-state index in [0.29, 0.717) is 4.90 Å². The molecule has 0 bridgehead atoms. The summed E-state index contributed by atoms with van der Waals surface area (Å²) < 4.78 is 37.2. The van der Waals surface area contributed by atoms with Crippen molar-refractivity contribution < 1.29 is 27.9 Å². The van der Waals surface area contributed by atoms with Gasteiger partial charge in [-0.25, -0.2) is 4.79 Å². The molecule has 0 aromatic heterocycles. The van der Waals surface area contributed by atoms with Crippen LogP contribution in [-0.4, -0.2) is 45.2 Å². The van der Waals surface area contributed by atoms with E-state index >= 15 is 0 Å². The maximum absolute atomic E-state index is 12.4. The first-order valence-electron chi connectivity index (χ1n) is 5.06. The van der Waals surface area contributed by atoms with Gasteiger partial charge in [0.2, 0.25) is 0 Å². The molecule has 2 rings (SSSR count). The number of amides is 1. The number of alkyl halides is 3. The molecule has 0 aromatic rings. The lowest BCUT2D eigenvalue weighted by molar-refractivity contribution is -0.189. The Morgan fingerprint density at radius 3 is 2.29 bits per heavy atom. The molecular weight excluding hydrogens is 259 g/mol. The molecule has 1 N–H and O–H groups in total. The van der Waals surface area contributed by atoms with Crippen molar-refractivity contribution in [2.45, 2.75) is 30.4 Å². The largest absolute Gasteiger partial charge is 0.480 e. The van der Waals surface area contributed by atoms with E-state index in [1.54, 1.807) is 0 Å². The number of carbonyl (C=O) groups is 2. The standard InChI is InChI=1S/C9H10F3NO3S/c10-9(11,12)8(16)13-5(7(14)15)3-17-6(13)4-1-2-4/h4-6H,1-3H2,(H,14,15). The van der Waals surface area contributed by atoms with Crippen LogP contribution in [-0.2, 0) is 9.59 Å². The van der Waals surface area contributed by atoms with Crippen molar-refractivity contribution in [2.24, 2.45) is 5.92 Å². The molecule has 2 aliphatic rings. The van der Waals surface area contributed by atoms with Crippen molar-refractivity contribution in [1.29, 1.82) is 0 Å². The van der Waals surface area contributed by atoms with E-state index < -0.39 is 29.5 Å². The van der Waals surface area contributed by atoms with Crippen molar-refractivity contribution in [2.75, 3.05) is 5.75 Å². The van der Waals surface area contributed by atoms with Crippen molar-refractivity contribution in [3.8, 4) is 0 Å². The van der Waals surface area contributed by atoms with Crippen LogP contribution in [0.25, 0.3) is 0 Å². The SMILES string of the molecule is O=C(O)C1CSC(C2CC2)N1C(=O)C(F)(F)F. The quantitative estimate of drug-likeness (QED) is 0.821. The second-order valence-corrected chi connectivity index (χ2v) is 5.28. The summed E-state index contributed by atoms with van der Waals surface area (Å²) in [5.41, 5.74) is 0. The molecule has 1 saturated carbocycles. The molecule has 1 heterocycles. The van der Waals surface area contributed by atoms with Crippen LogP contribution in [0.2, 0.25) is 0 Å². The van der Waals surface area contributed by atoms with Crippen LogP contribution in [0.3, 0.4) is 0 Å². The first-order chi connectivity index (χ1) is 7.82. The Morgan fingerprint density at radius 1 is 1.29 bits per heavy atom. The third-order valence-corrected chi connectivity index (χ3v) is 4.28. The summed E-state index contributed by atoms with van der Waals surface area (Å²) in [5.74, 6) is -3.38. The number of thioether (sulfide) groups is 1. The first-order valence-corrected chi connectivity index (χ1v) is 6.11. The molecule has 96 valence electrons. The Labute approximate surface area is 99.1 Å². The number of rotatable bonds is 2. The van der Waals surface area contributed by atoms with E-state index in [1.165, 1.54) is 0 Å². The minimum Gasteiger partial charge on any atom is -0.480 e. The minimum atomic E-state index is -5.01. The Hall–Kier alpha value is -0.920. The number of halogens is 3. The van der Waals surface area contributed by atoms with E-state index in [4.69, 9.17) is 5.11 Å². The molecule has 1 aliphatic heterocycles. The van der Waals surface area contributed by atoms with Gasteiger partial charge in [-0.15, -0.1) is 11.8 Å². The summed E-state index contributed by atoms with van der Waals surface area (Å²) in [6, 6.07) is -1.36. The van der Waals surface area contributed by atoms with E-state index in [2.05, 4.69) is 0 Å². The third-order valence-electron chi connectivity index (χ3n) is 2.82. The number of carboxylic acids is 1. The smallest absolute Gasteiger partial charge is 0.471 e. The van der Waals surface area contributed by atoms with Crippen LogP contribution in [0.4, 0.5) is 13.2 Å². The Kier molecular flexibility index (Phi) is 3.01. The van der Waals surface area contributed by atoms with Crippen molar-refractivity contribution in [3.05, 3.63) is 0 Å². The van der Waals surface area contributed by atoms with Gasteiger partial charge in [-0.2, -0.15) is 13.2 Å². The van der Waals surface area contributed by atoms with Gasteiger partial charge in [0.1, 0.15) is 6.04 Å². The van der Waals surface area contributed by atoms with Crippen molar-refractivity contribution >= 4 is 23.6 Å². The van der Waals surface area contributed by atoms with Crippen LogP contribution in [0.1, 0.15) is 12.8 Å². The lowest BCUT2D eigenvalue weighted by Gasteiger charge is -2.27. The van der Waals surface area contributed by atoms with Gasteiger partial charge in [-0.3, -0.25) is 4.79 Å². The Bertz CT molecular complexity index is 356. The number of nitrogens with zero attached hydrogens (tertiary/aromatic N) is 1. The number of carboxylic acid groups (broad SMARTS) is 1. The molecular formula is C9H10F3NO3S. The summed E-state index contributed by atoms with van der Waals surface area (Å²) in [4.78, 5) is 22.6. The van der Waals surface area contributed by atoms with Crippen LogP contribution < -0.4 is 0 Å². The monoisotopic (exact) mass is 269 g/mol. The molecule has 0 spiro atoms. The second-order valence-electron chi connectivity index (χ2n) is 4.13. The van der Waals surface area contributed by atoms with Gasteiger partial charge in [0.15, 0.2) is 0 Å². The maximum atomic E-state index is 12.4. The minimum absolute atomic E-state index is 0.00986. The second kappa shape index (κ2) is 4.08. The number of hydrogen-bond acceptors (Lipinski definition) is 3. The predicted octanol–water partition coefficient (Wildman–Crippen LogP) is 1.31. The third kappa shape index (κ3) is 2.36. The topological polar surface area (TPSA) is 57.6 Å². The fraction of sp³-hybridized carbons (Fsp3) is 0.778. The van der Waals surface area contributed by atoms with Crippen LogP contribution in [0, 0.1) is 5.92 Å². The molecule has 1 amide bonds. The normalized spacial score (nSPS) is 29.5. The van der Waals surface area contributed by atoms with Crippen molar-refractivity contribution in [1.82, 2.24) is 4.90 Å². The number of hydrogen-bond donors (Lipinski definition) is 1. The van der Waals surface area contributed by atoms with Gasteiger partial charge >= 0.3 is 18.1 Å². The van der Waals surface area contributed by atoms with Crippen LogP contribution in [0.15, 0.2) is 0 Å². The van der Waals surface area contributed by atoms with Gasteiger partial charge in [0, 0.05) is 5.75 Å². The zero-order valence-corrected chi connectivity index (χ0v) is 9.42.